The van der Waals surface area contributed by atoms with Crippen LogP contribution in [0.25, 0.3) is 5.82 Å². The Hall–Kier alpha value is -1.97. The number of hydrogen-bond acceptors (Lipinski definition) is 2. The van der Waals surface area contributed by atoms with Crippen LogP contribution in [0.1, 0.15) is 11.3 Å². The molecule has 0 atom stereocenters. The second-order valence-corrected chi connectivity index (χ2v) is 3.61. The average Bonchev–Trinajstić information content (AvgIpc) is 2.28. The molecule has 0 spiro atoms. The molecule has 0 saturated heterocycles. The van der Waals surface area contributed by atoms with Gasteiger partial charge in [-0.2, -0.15) is 0 Å². The molecule has 0 N–H and O–H groups in total. The van der Waals surface area contributed by atoms with Crippen molar-refractivity contribution in [1.29, 1.82) is 0 Å². The summed E-state index contributed by atoms with van der Waals surface area (Å²) in [5, 5.41) is 0. The Morgan fingerprint density at radius 3 is 2.69 bits per heavy atom. The standard InChI is InChI=1S/C12H11FN2O/c1-8-7-9(2)15(12(16)11(8)13)10-5-3-4-6-14-10/h3-7H,1-2H3. The van der Waals surface area contributed by atoms with Crippen LogP contribution in [0, 0.1) is 19.7 Å². The first-order chi connectivity index (χ1) is 7.61. The molecule has 4 heteroatoms. The van der Waals surface area contributed by atoms with Gasteiger partial charge in [0, 0.05) is 11.9 Å². The van der Waals surface area contributed by atoms with Gasteiger partial charge in [0.15, 0.2) is 5.82 Å². The minimum Gasteiger partial charge on any atom is -0.266 e. The topological polar surface area (TPSA) is 34.9 Å². The van der Waals surface area contributed by atoms with Crippen molar-refractivity contribution in [1.82, 2.24) is 9.55 Å². The Balaban J connectivity index is 2.77. The van der Waals surface area contributed by atoms with Gasteiger partial charge in [-0.05, 0) is 37.6 Å². The second kappa shape index (κ2) is 3.89. The fourth-order valence-electron chi connectivity index (χ4n) is 1.64. The monoisotopic (exact) mass is 218 g/mol. The molecule has 0 aliphatic heterocycles. The highest BCUT2D eigenvalue weighted by Gasteiger charge is 2.11. The maximum atomic E-state index is 13.5. The largest absolute Gasteiger partial charge is 0.292 e. The Labute approximate surface area is 92.2 Å². The summed E-state index contributed by atoms with van der Waals surface area (Å²) >= 11 is 0. The molecule has 2 aromatic rings. The van der Waals surface area contributed by atoms with E-state index < -0.39 is 11.4 Å². The molecule has 3 nitrogen and oxygen atoms in total. The van der Waals surface area contributed by atoms with Gasteiger partial charge in [0.25, 0.3) is 5.56 Å². The molecule has 0 bridgehead atoms. The van der Waals surface area contributed by atoms with Crippen LogP contribution in [0.5, 0.6) is 0 Å². The highest BCUT2D eigenvalue weighted by Crippen LogP contribution is 2.08. The summed E-state index contributed by atoms with van der Waals surface area (Å²) in [4.78, 5) is 15.8. The first kappa shape index (κ1) is 10.5. The van der Waals surface area contributed by atoms with E-state index in [2.05, 4.69) is 4.98 Å². The quantitative estimate of drug-likeness (QED) is 0.733. The van der Waals surface area contributed by atoms with E-state index in [1.807, 2.05) is 0 Å². The Morgan fingerprint density at radius 2 is 2.06 bits per heavy atom. The fraction of sp³-hybridized carbons (Fsp3) is 0.167. The molecule has 0 fully saturated rings. The highest BCUT2D eigenvalue weighted by atomic mass is 19.1. The van der Waals surface area contributed by atoms with Gasteiger partial charge >= 0.3 is 0 Å². The SMILES string of the molecule is Cc1cc(C)n(-c2ccccn2)c(=O)c1F. The van der Waals surface area contributed by atoms with Crippen LogP contribution in [0.15, 0.2) is 35.3 Å². The van der Waals surface area contributed by atoms with Gasteiger partial charge in [-0.15, -0.1) is 0 Å². The molecule has 0 amide bonds. The summed E-state index contributed by atoms with van der Waals surface area (Å²) in [6.07, 6.45) is 1.57. The summed E-state index contributed by atoms with van der Waals surface area (Å²) in [5.74, 6) is -0.292. The van der Waals surface area contributed by atoms with Gasteiger partial charge in [0.05, 0.1) is 0 Å². The number of hydrogen-bond donors (Lipinski definition) is 0. The normalized spacial score (nSPS) is 10.4. The van der Waals surface area contributed by atoms with Crippen molar-refractivity contribution >= 4 is 0 Å². The van der Waals surface area contributed by atoms with Crippen LogP contribution in [0.2, 0.25) is 0 Å². The summed E-state index contributed by atoms with van der Waals surface area (Å²) in [6, 6.07) is 6.80. The summed E-state index contributed by atoms with van der Waals surface area (Å²) in [5.41, 5.74) is 0.369. The molecule has 0 aromatic carbocycles. The third kappa shape index (κ3) is 1.62. The lowest BCUT2D eigenvalue weighted by Gasteiger charge is -2.09. The smallest absolute Gasteiger partial charge is 0.266 e. The number of rotatable bonds is 1. The molecule has 0 aliphatic rings. The molecule has 0 saturated carbocycles. The third-order valence-corrected chi connectivity index (χ3v) is 2.39. The number of halogens is 1. The van der Waals surface area contributed by atoms with E-state index in [0.29, 0.717) is 17.1 Å². The van der Waals surface area contributed by atoms with Crippen LogP contribution in [-0.2, 0) is 0 Å². The van der Waals surface area contributed by atoms with Gasteiger partial charge in [-0.25, -0.2) is 9.37 Å². The van der Waals surface area contributed by atoms with E-state index in [9.17, 15) is 9.18 Å². The minimum atomic E-state index is -0.726. The molecular formula is C12H11FN2O. The number of aryl methyl sites for hydroxylation is 2. The average molecular weight is 218 g/mol. The van der Waals surface area contributed by atoms with Gasteiger partial charge in [0.1, 0.15) is 5.82 Å². The predicted octanol–water partition coefficient (Wildman–Crippen LogP) is 1.99. The Kier molecular flexibility index (Phi) is 2.56. The Bertz CT molecular complexity index is 576. The van der Waals surface area contributed by atoms with Crippen LogP contribution in [0.3, 0.4) is 0 Å². The molecule has 2 rings (SSSR count). The molecule has 16 heavy (non-hydrogen) atoms. The number of pyridine rings is 2. The molecule has 2 aromatic heterocycles. The lowest BCUT2D eigenvalue weighted by Crippen LogP contribution is -2.25. The van der Waals surface area contributed by atoms with Crippen molar-refractivity contribution in [3.63, 3.8) is 0 Å². The molecule has 82 valence electrons. The maximum Gasteiger partial charge on any atom is 0.292 e. The van der Waals surface area contributed by atoms with Gasteiger partial charge in [-0.1, -0.05) is 6.07 Å². The van der Waals surface area contributed by atoms with Gasteiger partial charge < -0.3 is 0 Å². The van der Waals surface area contributed by atoms with Crippen molar-refractivity contribution in [2.45, 2.75) is 13.8 Å². The van der Waals surface area contributed by atoms with Crippen LogP contribution in [-0.4, -0.2) is 9.55 Å². The fourth-order valence-corrected chi connectivity index (χ4v) is 1.64. The van der Waals surface area contributed by atoms with E-state index in [1.165, 1.54) is 4.57 Å². The van der Waals surface area contributed by atoms with Crippen molar-refractivity contribution in [3.05, 3.63) is 57.9 Å². The molecule has 0 radical (unpaired) electrons. The van der Waals surface area contributed by atoms with E-state index in [4.69, 9.17) is 0 Å². The molecule has 2 heterocycles. The van der Waals surface area contributed by atoms with Crippen molar-refractivity contribution < 1.29 is 4.39 Å². The summed E-state index contributed by atoms with van der Waals surface area (Å²) in [7, 11) is 0. The summed E-state index contributed by atoms with van der Waals surface area (Å²) < 4.78 is 14.8. The van der Waals surface area contributed by atoms with Crippen LogP contribution in [0.4, 0.5) is 4.39 Å². The van der Waals surface area contributed by atoms with Crippen molar-refractivity contribution in [2.75, 3.05) is 0 Å². The first-order valence-electron chi connectivity index (χ1n) is 4.91. The van der Waals surface area contributed by atoms with E-state index in [1.54, 1.807) is 44.3 Å². The lowest BCUT2D eigenvalue weighted by atomic mass is 10.2. The number of nitrogens with zero attached hydrogens (tertiary/aromatic N) is 2. The molecular weight excluding hydrogens is 207 g/mol. The third-order valence-electron chi connectivity index (χ3n) is 2.39. The lowest BCUT2D eigenvalue weighted by molar-refractivity contribution is 0.586. The Morgan fingerprint density at radius 1 is 1.31 bits per heavy atom. The van der Waals surface area contributed by atoms with Crippen molar-refractivity contribution in [3.8, 4) is 5.82 Å². The first-order valence-corrected chi connectivity index (χ1v) is 4.91. The predicted molar refractivity (Wildman–Crippen MR) is 59.3 cm³/mol. The maximum absolute atomic E-state index is 13.5. The van der Waals surface area contributed by atoms with E-state index in [0.717, 1.165) is 0 Å². The molecule has 0 unspecified atom stereocenters. The molecule has 0 aliphatic carbocycles. The number of aromatic nitrogens is 2. The highest BCUT2D eigenvalue weighted by molar-refractivity contribution is 5.29. The van der Waals surface area contributed by atoms with Crippen LogP contribution >= 0.6 is 0 Å². The van der Waals surface area contributed by atoms with Crippen molar-refractivity contribution in [2.24, 2.45) is 0 Å². The summed E-state index contributed by atoms with van der Waals surface area (Å²) in [6.45, 7) is 3.33. The zero-order valence-corrected chi connectivity index (χ0v) is 9.07. The van der Waals surface area contributed by atoms with Gasteiger partial charge in [0.2, 0.25) is 0 Å². The van der Waals surface area contributed by atoms with Gasteiger partial charge in [-0.3, -0.25) is 9.36 Å². The second-order valence-electron chi connectivity index (χ2n) is 3.61. The van der Waals surface area contributed by atoms with E-state index >= 15 is 0 Å². The zero-order valence-electron chi connectivity index (χ0n) is 9.07. The minimum absolute atomic E-state index is 0.356. The zero-order chi connectivity index (χ0) is 11.7. The van der Waals surface area contributed by atoms with E-state index in [-0.39, 0.29) is 0 Å². The van der Waals surface area contributed by atoms with Crippen LogP contribution < -0.4 is 5.56 Å².